The number of rotatable bonds is 4. The Morgan fingerprint density at radius 1 is 1.37 bits per heavy atom. The summed E-state index contributed by atoms with van der Waals surface area (Å²) in [6, 6.07) is 7.26. The first-order valence-corrected chi connectivity index (χ1v) is 10.0. The standard InChI is InChI=1S/C20H22N4O2S/c1-13-12-27-18(22-13)11-24-16(10-21)15-4-3-5-17(19(15)20(24)25)26-14-6-8-23(2)9-7-14/h3-5,12,14,16H,6-9,11H2,1-2H3. The molecule has 7 heteroatoms. The number of carbonyl (C=O) groups excluding carboxylic acids is 1. The quantitative estimate of drug-likeness (QED) is 0.812. The molecule has 1 aromatic carbocycles. The second-order valence-electron chi connectivity index (χ2n) is 7.19. The number of thiazole rings is 1. The fourth-order valence-corrected chi connectivity index (χ4v) is 4.51. The highest BCUT2D eigenvalue weighted by Gasteiger charge is 2.40. The molecule has 1 unspecified atom stereocenters. The van der Waals surface area contributed by atoms with E-state index in [2.05, 4.69) is 23.0 Å². The van der Waals surface area contributed by atoms with E-state index in [-0.39, 0.29) is 12.0 Å². The van der Waals surface area contributed by atoms with Crippen molar-refractivity contribution in [2.45, 2.75) is 38.5 Å². The largest absolute Gasteiger partial charge is 0.489 e. The van der Waals surface area contributed by atoms with E-state index in [9.17, 15) is 10.1 Å². The number of piperidine rings is 1. The molecule has 27 heavy (non-hydrogen) atoms. The molecule has 0 saturated carbocycles. The molecule has 0 aliphatic carbocycles. The summed E-state index contributed by atoms with van der Waals surface area (Å²) in [5.41, 5.74) is 2.21. The van der Waals surface area contributed by atoms with Crippen LogP contribution in [0.3, 0.4) is 0 Å². The molecule has 0 N–H and O–H groups in total. The third kappa shape index (κ3) is 3.43. The minimum atomic E-state index is -0.599. The van der Waals surface area contributed by atoms with Gasteiger partial charge in [0.2, 0.25) is 0 Å². The van der Waals surface area contributed by atoms with E-state index in [1.165, 1.54) is 11.3 Å². The molecule has 1 fully saturated rings. The van der Waals surface area contributed by atoms with E-state index >= 15 is 0 Å². The van der Waals surface area contributed by atoms with E-state index in [0.717, 1.165) is 42.2 Å². The summed E-state index contributed by atoms with van der Waals surface area (Å²) in [5, 5.41) is 12.5. The zero-order chi connectivity index (χ0) is 19.0. The van der Waals surface area contributed by atoms with Crippen LogP contribution in [0.5, 0.6) is 5.75 Å². The molecule has 0 bridgehead atoms. The van der Waals surface area contributed by atoms with Gasteiger partial charge in [0, 0.05) is 29.7 Å². The highest BCUT2D eigenvalue weighted by molar-refractivity contribution is 7.09. The lowest BCUT2D eigenvalue weighted by Gasteiger charge is -2.29. The summed E-state index contributed by atoms with van der Waals surface area (Å²) in [5.74, 6) is 0.457. The Morgan fingerprint density at radius 3 is 2.81 bits per heavy atom. The zero-order valence-electron chi connectivity index (χ0n) is 15.5. The number of carbonyl (C=O) groups is 1. The maximum Gasteiger partial charge on any atom is 0.259 e. The Kier molecular flexibility index (Phi) is 4.85. The smallest absolute Gasteiger partial charge is 0.259 e. The average molecular weight is 382 g/mol. The molecule has 4 rings (SSSR count). The number of ether oxygens (including phenoxy) is 1. The van der Waals surface area contributed by atoms with Gasteiger partial charge in [0.05, 0.1) is 18.2 Å². The van der Waals surface area contributed by atoms with Gasteiger partial charge in [-0.3, -0.25) is 4.79 Å². The van der Waals surface area contributed by atoms with Crippen LogP contribution in [0.15, 0.2) is 23.6 Å². The summed E-state index contributed by atoms with van der Waals surface area (Å²) >= 11 is 1.51. The third-order valence-corrected chi connectivity index (χ3v) is 6.14. The minimum Gasteiger partial charge on any atom is -0.489 e. The maximum absolute atomic E-state index is 13.2. The number of nitriles is 1. The Labute approximate surface area is 163 Å². The van der Waals surface area contributed by atoms with Gasteiger partial charge in [0.25, 0.3) is 5.91 Å². The van der Waals surface area contributed by atoms with Crippen molar-refractivity contribution >= 4 is 17.2 Å². The molecular formula is C20H22N4O2S. The molecule has 2 aromatic rings. The van der Waals surface area contributed by atoms with E-state index in [1.54, 1.807) is 4.90 Å². The second kappa shape index (κ2) is 7.29. The lowest BCUT2D eigenvalue weighted by atomic mass is 10.0. The molecular weight excluding hydrogens is 360 g/mol. The monoisotopic (exact) mass is 382 g/mol. The van der Waals surface area contributed by atoms with Crippen molar-refractivity contribution < 1.29 is 9.53 Å². The summed E-state index contributed by atoms with van der Waals surface area (Å²) in [6.07, 6.45) is 1.99. The van der Waals surface area contributed by atoms with Gasteiger partial charge >= 0.3 is 0 Å². The molecule has 1 amide bonds. The Bertz CT molecular complexity index is 896. The van der Waals surface area contributed by atoms with Crippen LogP contribution in [0.4, 0.5) is 0 Å². The summed E-state index contributed by atoms with van der Waals surface area (Å²) in [4.78, 5) is 21.5. The number of fused-ring (bicyclic) bond motifs is 1. The summed E-state index contributed by atoms with van der Waals surface area (Å²) in [7, 11) is 2.11. The number of aromatic nitrogens is 1. The van der Waals surface area contributed by atoms with Gasteiger partial charge in [-0.2, -0.15) is 5.26 Å². The van der Waals surface area contributed by atoms with E-state index in [0.29, 0.717) is 17.9 Å². The lowest BCUT2D eigenvalue weighted by molar-refractivity contribution is 0.0733. The summed E-state index contributed by atoms with van der Waals surface area (Å²) in [6.45, 7) is 4.25. The topological polar surface area (TPSA) is 69.5 Å². The fraction of sp³-hybridized carbons (Fsp3) is 0.450. The summed E-state index contributed by atoms with van der Waals surface area (Å²) < 4.78 is 6.22. The van der Waals surface area contributed by atoms with Gasteiger partial charge in [0.1, 0.15) is 22.9 Å². The molecule has 6 nitrogen and oxygen atoms in total. The van der Waals surface area contributed by atoms with Crippen LogP contribution in [-0.2, 0) is 6.54 Å². The molecule has 1 aromatic heterocycles. The normalized spacial score (nSPS) is 20.6. The average Bonchev–Trinajstić information content (AvgIpc) is 3.19. The Morgan fingerprint density at radius 2 is 2.15 bits per heavy atom. The SMILES string of the molecule is Cc1csc(CN2C(=O)c3c(OC4CCN(C)CC4)cccc3C2C#N)n1. The van der Waals surface area contributed by atoms with Gasteiger partial charge in [0.15, 0.2) is 0 Å². The number of hydrogen-bond acceptors (Lipinski definition) is 6. The molecule has 1 atom stereocenters. The van der Waals surface area contributed by atoms with E-state index in [4.69, 9.17) is 4.74 Å². The van der Waals surface area contributed by atoms with Gasteiger partial charge in [-0.25, -0.2) is 4.98 Å². The predicted octanol–water partition coefficient (Wildman–Crippen LogP) is 3.15. The minimum absolute atomic E-state index is 0.108. The van der Waals surface area contributed by atoms with Gasteiger partial charge < -0.3 is 14.5 Å². The van der Waals surface area contributed by atoms with Gasteiger partial charge in [-0.1, -0.05) is 12.1 Å². The molecule has 1 saturated heterocycles. The van der Waals surface area contributed by atoms with Crippen molar-refractivity contribution in [3.05, 3.63) is 45.4 Å². The predicted molar refractivity (Wildman–Crippen MR) is 103 cm³/mol. The van der Waals surface area contributed by atoms with Gasteiger partial charge in [-0.05, 0) is 32.9 Å². The van der Waals surface area contributed by atoms with Gasteiger partial charge in [-0.15, -0.1) is 11.3 Å². The lowest BCUT2D eigenvalue weighted by Crippen LogP contribution is -2.36. The van der Waals surface area contributed by atoms with Crippen molar-refractivity contribution in [2.75, 3.05) is 20.1 Å². The highest BCUT2D eigenvalue weighted by atomic mass is 32.1. The van der Waals surface area contributed by atoms with Crippen molar-refractivity contribution in [3.63, 3.8) is 0 Å². The number of likely N-dealkylation sites (tertiary alicyclic amines) is 1. The van der Waals surface area contributed by atoms with Crippen LogP contribution in [0.2, 0.25) is 0 Å². The van der Waals surface area contributed by atoms with Crippen LogP contribution >= 0.6 is 11.3 Å². The second-order valence-corrected chi connectivity index (χ2v) is 8.13. The first-order valence-electron chi connectivity index (χ1n) is 9.16. The van der Waals surface area contributed by atoms with Crippen LogP contribution in [0.25, 0.3) is 0 Å². The van der Waals surface area contributed by atoms with Crippen LogP contribution in [0.1, 0.15) is 45.5 Å². The highest BCUT2D eigenvalue weighted by Crippen LogP contribution is 2.40. The van der Waals surface area contributed by atoms with Crippen molar-refractivity contribution in [3.8, 4) is 11.8 Å². The zero-order valence-corrected chi connectivity index (χ0v) is 16.3. The fourth-order valence-electron chi connectivity index (χ4n) is 3.74. The number of aryl methyl sites for hydroxylation is 1. The number of benzene rings is 1. The third-order valence-electron chi connectivity index (χ3n) is 5.19. The van der Waals surface area contributed by atoms with Crippen molar-refractivity contribution in [1.82, 2.24) is 14.8 Å². The molecule has 3 heterocycles. The first-order chi connectivity index (χ1) is 13.1. The molecule has 2 aliphatic rings. The van der Waals surface area contributed by atoms with Crippen LogP contribution in [0, 0.1) is 18.3 Å². The maximum atomic E-state index is 13.2. The number of hydrogen-bond donors (Lipinski definition) is 0. The molecule has 0 radical (unpaired) electrons. The number of amides is 1. The Balaban J connectivity index is 1.60. The Hall–Kier alpha value is -2.43. The van der Waals surface area contributed by atoms with Crippen LogP contribution < -0.4 is 4.74 Å². The molecule has 140 valence electrons. The van der Waals surface area contributed by atoms with E-state index in [1.807, 2.05) is 30.5 Å². The first kappa shape index (κ1) is 18.0. The van der Waals surface area contributed by atoms with Crippen LogP contribution in [-0.4, -0.2) is 46.9 Å². The van der Waals surface area contributed by atoms with Crippen molar-refractivity contribution in [2.24, 2.45) is 0 Å². The molecule has 2 aliphatic heterocycles. The van der Waals surface area contributed by atoms with Crippen molar-refractivity contribution in [1.29, 1.82) is 5.26 Å². The van der Waals surface area contributed by atoms with E-state index < -0.39 is 6.04 Å². The molecule has 0 spiro atoms. The number of nitrogens with zero attached hydrogens (tertiary/aromatic N) is 4.